The number of fused-ring (bicyclic) bond motifs is 2. The molecule has 2 aliphatic rings. The summed E-state index contributed by atoms with van der Waals surface area (Å²) in [5.41, 5.74) is 3.07. The second-order valence-electron chi connectivity index (χ2n) is 11.2. The number of carbonyl (C=O) groups is 3. The van der Waals surface area contributed by atoms with E-state index >= 15 is 0 Å². The zero-order valence-corrected chi connectivity index (χ0v) is 23.3. The monoisotopic (exact) mass is 545 g/mol. The molecule has 41 heavy (non-hydrogen) atoms. The van der Waals surface area contributed by atoms with Crippen LogP contribution in [-0.4, -0.2) is 53.3 Å². The van der Waals surface area contributed by atoms with Crippen LogP contribution in [0.25, 0.3) is 20.8 Å². The summed E-state index contributed by atoms with van der Waals surface area (Å²) in [6.07, 6.45) is -0.191. The van der Waals surface area contributed by atoms with Gasteiger partial charge >= 0.3 is 6.17 Å². The Kier molecular flexibility index (Phi) is 7.34. The molecule has 3 aromatic carbocycles. The number of benzene rings is 3. The lowest BCUT2D eigenvalue weighted by molar-refractivity contribution is -0.136. The van der Waals surface area contributed by atoms with E-state index in [1.807, 2.05) is 50.2 Å². The molecule has 8 heteroatoms. The first-order valence-electron chi connectivity index (χ1n) is 13.6. The van der Waals surface area contributed by atoms with Crippen LogP contribution in [0, 0.1) is 19.1 Å². The third-order valence-corrected chi connectivity index (χ3v) is 8.07. The third kappa shape index (κ3) is 4.94. The summed E-state index contributed by atoms with van der Waals surface area (Å²) in [6.45, 7) is 19.2. The quantitative estimate of drug-likeness (QED) is 0.400. The normalized spacial score (nSPS) is 19.8. The summed E-state index contributed by atoms with van der Waals surface area (Å²) in [6, 6.07) is 21.0. The Labute approximate surface area is 240 Å². The summed E-state index contributed by atoms with van der Waals surface area (Å²) >= 11 is 0. The van der Waals surface area contributed by atoms with Crippen LogP contribution in [0.2, 0.25) is 0 Å². The van der Waals surface area contributed by atoms with E-state index in [2.05, 4.69) is 15.0 Å². The molecular weight excluding hydrogens is 514 g/mol. The molecule has 2 heterocycles. The van der Waals surface area contributed by atoms with E-state index in [9.17, 15) is 14.4 Å². The molecule has 1 fully saturated rings. The second-order valence-corrected chi connectivity index (χ2v) is 11.2. The Morgan fingerprint density at radius 3 is 2.46 bits per heavy atom. The van der Waals surface area contributed by atoms with Crippen molar-refractivity contribution in [1.29, 1.82) is 0 Å². The second kappa shape index (κ2) is 10.9. The molecule has 0 bridgehead atoms. The van der Waals surface area contributed by atoms with Crippen molar-refractivity contribution >= 4 is 29.1 Å². The van der Waals surface area contributed by atoms with Crippen molar-refractivity contribution in [2.24, 2.45) is 5.92 Å². The van der Waals surface area contributed by atoms with Crippen molar-refractivity contribution in [3.8, 4) is 11.1 Å². The van der Waals surface area contributed by atoms with Gasteiger partial charge in [0.05, 0.1) is 13.0 Å². The van der Waals surface area contributed by atoms with Crippen molar-refractivity contribution in [3.05, 3.63) is 107 Å². The molecule has 2 aliphatic heterocycles. The molecule has 5 rings (SSSR count). The number of carbonyl (C=O) groups excluding carboxylic acids is 3. The Balaban J connectivity index is 1.44. The lowest BCUT2D eigenvalue weighted by Gasteiger charge is -2.32. The molecule has 1 saturated heterocycles. The molecule has 3 atom stereocenters. The Hall–Kier alpha value is -4.95. The van der Waals surface area contributed by atoms with E-state index < -0.39 is 17.6 Å². The van der Waals surface area contributed by atoms with Crippen LogP contribution in [0.15, 0.2) is 72.8 Å². The lowest BCUT2D eigenvalue weighted by atomic mass is 9.80. The van der Waals surface area contributed by atoms with Crippen molar-refractivity contribution in [2.75, 3.05) is 18.9 Å². The largest absolute Gasteiger partial charge is 0.330 e. The smallest absolute Gasteiger partial charge is 0.302 e. The number of hydrogen-bond donors (Lipinski definition) is 1. The summed E-state index contributed by atoms with van der Waals surface area (Å²) in [4.78, 5) is 51.4. The van der Waals surface area contributed by atoms with Gasteiger partial charge in [-0.05, 0) is 53.3 Å². The van der Waals surface area contributed by atoms with E-state index in [-0.39, 0.29) is 36.6 Å². The van der Waals surface area contributed by atoms with E-state index in [0.717, 1.165) is 16.7 Å². The maximum atomic E-state index is 14.2. The standard InChI is InChI=1S/C33H31N5O3/c1-21(2)16-28(37(5)30(39)24-12-8-10-22(17-24)23-11-9-13-25(18-23)34-3)31(40)38-20-33(19-29(38)35-4)26-14-6-7-15-27(26)36-32(33)41/h6-15,17-18,21,28-29H,16,19-20H2,1-2,5H3,(H,36,41)/t28-,29-,33-/m0/s1. The fourth-order valence-electron chi connectivity index (χ4n) is 5.95. The Bertz CT molecular complexity index is 1620. The zero-order chi connectivity index (χ0) is 29.3. The molecule has 206 valence electrons. The van der Waals surface area contributed by atoms with Crippen LogP contribution in [0.3, 0.4) is 0 Å². The van der Waals surface area contributed by atoms with E-state index in [1.165, 1.54) is 9.80 Å². The van der Waals surface area contributed by atoms with Crippen molar-refractivity contribution in [2.45, 2.75) is 44.3 Å². The average Bonchev–Trinajstić information content (AvgIpc) is 3.52. The number of rotatable bonds is 6. The number of anilines is 1. The SMILES string of the molecule is [C-]#[N+]c1cccc(-c2cccc(C(=O)N(C)[C@@H](CC(C)C)C(=O)N3C[C@]4(C[C@H]3[N+]#[C-])C(=O)Nc3ccccc34)c2)c1. The van der Waals surface area contributed by atoms with Gasteiger partial charge in [0.2, 0.25) is 5.91 Å². The molecule has 1 spiro atoms. The molecule has 0 aromatic heterocycles. The van der Waals surface area contributed by atoms with E-state index in [1.54, 1.807) is 43.4 Å². The number of nitrogens with zero attached hydrogens (tertiary/aromatic N) is 4. The van der Waals surface area contributed by atoms with Gasteiger partial charge in [-0.15, -0.1) is 0 Å². The van der Waals surface area contributed by atoms with E-state index in [4.69, 9.17) is 13.1 Å². The Morgan fingerprint density at radius 1 is 1.05 bits per heavy atom. The number of amides is 3. The average molecular weight is 546 g/mol. The minimum absolute atomic E-state index is 0.0885. The molecule has 1 N–H and O–H groups in total. The minimum Gasteiger partial charge on any atom is -0.330 e. The van der Waals surface area contributed by atoms with Gasteiger partial charge in [0.15, 0.2) is 5.69 Å². The number of nitrogens with one attached hydrogen (secondary N) is 1. The van der Waals surface area contributed by atoms with Crippen molar-refractivity contribution < 1.29 is 14.4 Å². The van der Waals surface area contributed by atoms with Crippen LogP contribution < -0.4 is 5.32 Å². The van der Waals surface area contributed by atoms with Crippen molar-refractivity contribution in [1.82, 2.24) is 9.80 Å². The van der Waals surface area contributed by atoms with Gasteiger partial charge in [0.25, 0.3) is 11.8 Å². The molecule has 0 unspecified atom stereocenters. The summed E-state index contributed by atoms with van der Waals surface area (Å²) in [5, 5.41) is 2.92. The van der Waals surface area contributed by atoms with Gasteiger partial charge in [-0.3, -0.25) is 24.1 Å². The highest BCUT2D eigenvalue weighted by atomic mass is 16.2. The predicted molar refractivity (Wildman–Crippen MR) is 157 cm³/mol. The van der Waals surface area contributed by atoms with Gasteiger partial charge in [0, 0.05) is 24.8 Å². The fourth-order valence-corrected chi connectivity index (χ4v) is 5.95. The number of likely N-dealkylation sites (tertiary alicyclic amines) is 1. The number of likely N-dealkylation sites (N-methyl/N-ethyl adjacent to an activating group) is 1. The van der Waals surface area contributed by atoms with Crippen LogP contribution in [0.5, 0.6) is 0 Å². The van der Waals surface area contributed by atoms with Crippen molar-refractivity contribution in [3.63, 3.8) is 0 Å². The van der Waals surface area contributed by atoms with Gasteiger partial charge in [-0.1, -0.05) is 62.4 Å². The highest BCUT2D eigenvalue weighted by Crippen LogP contribution is 2.47. The van der Waals surface area contributed by atoms with Gasteiger partial charge in [0.1, 0.15) is 11.5 Å². The molecule has 3 aromatic rings. The fraction of sp³-hybridized carbons (Fsp3) is 0.303. The van der Waals surface area contributed by atoms with Crippen LogP contribution in [0.4, 0.5) is 11.4 Å². The van der Waals surface area contributed by atoms with Crippen LogP contribution >= 0.6 is 0 Å². The predicted octanol–water partition coefficient (Wildman–Crippen LogP) is 5.76. The number of para-hydroxylation sites is 1. The summed E-state index contributed by atoms with van der Waals surface area (Å²) < 4.78 is 0. The van der Waals surface area contributed by atoms with E-state index in [0.29, 0.717) is 23.4 Å². The Morgan fingerprint density at radius 2 is 1.76 bits per heavy atom. The topological polar surface area (TPSA) is 78.4 Å². The zero-order valence-electron chi connectivity index (χ0n) is 23.3. The summed E-state index contributed by atoms with van der Waals surface area (Å²) in [5.74, 6) is -0.748. The molecule has 8 nitrogen and oxygen atoms in total. The van der Waals surface area contributed by atoms with Gasteiger partial charge < -0.3 is 10.2 Å². The first-order valence-corrected chi connectivity index (χ1v) is 13.6. The lowest BCUT2D eigenvalue weighted by Crippen LogP contribution is -2.51. The molecule has 0 saturated carbocycles. The molecule has 0 aliphatic carbocycles. The van der Waals surface area contributed by atoms with Crippen LogP contribution in [0.1, 0.15) is 42.6 Å². The molecular formula is C33H31N5O3. The highest BCUT2D eigenvalue weighted by Gasteiger charge is 2.59. The minimum atomic E-state index is -0.985. The summed E-state index contributed by atoms with van der Waals surface area (Å²) in [7, 11) is 1.62. The number of hydrogen-bond acceptors (Lipinski definition) is 3. The maximum Gasteiger partial charge on any atom is 0.302 e. The van der Waals surface area contributed by atoms with Crippen LogP contribution in [-0.2, 0) is 15.0 Å². The first-order chi connectivity index (χ1) is 19.7. The first kappa shape index (κ1) is 27.6. The maximum absolute atomic E-state index is 14.2. The highest BCUT2D eigenvalue weighted by molar-refractivity contribution is 6.07. The van der Waals surface area contributed by atoms with Gasteiger partial charge in [-0.25, -0.2) is 11.4 Å². The van der Waals surface area contributed by atoms with Gasteiger partial charge in [-0.2, -0.15) is 0 Å². The third-order valence-electron chi connectivity index (χ3n) is 8.07. The molecule has 0 radical (unpaired) electrons. The molecule has 3 amide bonds.